The van der Waals surface area contributed by atoms with Gasteiger partial charge in [-0.1, -0.05) is 11.6 Å². The van der Waals surface area contributed by atoms with Gasteiger partial charge in [-0.3, -0.25) is 0 Å². The standard InChI is InChI=1S/C7H4ClNO3S.Na/c8-6-2-1-5(4-9)3-7(6)13(10,11)12;/h1-3H,(H,10,11,12);/q;+1/p-1. The summed E-state index contributed by atoms with van der Waals surface area (Å²) in [6.07, 6.45) is 0. The average Bonchev–Trinajstić information content (AvgIpc) is 2.03. The van der Waals surface area contributed by atoms with Crippen LogP contribution >= 0.6 is 11.6 Å². The van der Waals surface area contributed by atoms with E-state index < -0.39 is 15.0 Å². The van der Waals surface area contributed by atoms with E-state index in [2.05, 4.69) is 0 Å². The molecule has 0 aliphatic heterocycles. The molecule has 0 atom stereocenters. The molecule has 1 aromatic carbocycles. The molecule has 0 unspecified atom stereocenters. The molecular formula is C7H3ClNNaO3S. The zero-order valence-corrected chi connectivity index (χ0v) is 10.8. The predicted molar refractivity (Wildman–Crippen MR) is 44.1 cm³/mol. The Hall–Kier alpha value is -0.0900. The molecule has 4 nitrogen and oxygen atoms in total. The van der Waals surface area contributed by atoms with Crippen LogP contribution in [0, 0.1) is 11.3 Å². The molecule has 0 radical (unpaired) electrons. The molecule has 7 heteroatoms. The van der Waals surface area contributed by atoms with Crippen LogP contribution in [-0.4, -0.2) is 13.0 Å². The van der Waals surface area contributed by atoms with Gasteiger partial charge in [0, 0.05) is 0 Å². The molecule has 0 saturated carbocycles. The summed E-state index contributed by atoms with van der Waals surface area (Å²) in [5, 5.41) is 8.26. The van der Waals surface area contributed by atoms with Gasteiger partial charge in [-0.15, -0.1) is 0 Å². The normalized spacial score (nSPS) is 10.1. The molecule has 1 aromatic rings. The molecule has 0 bridgehead atoms. The van der Waals surface area contributed by atoms with E-state index in [1.165, 1.54) is 12.1 Å². The van der Waals surface area contributed by atoms with Crippen molar-refractivity contribution in [1.82, 2.24) is 0 Å². The summed E-state index contributed by atoms with van der Waals surface area (Å²) in [6, 6.07) is 5.18. The molecule has 0 N–H and O–H groups in total. The van der Waals surface area contributed by atoms with E-state index in [-0.39, 0.29) is 40.1 Å². The fraction of sp³-hybridized carbons (Fsp3) is 0. The zero-order chi connectivity index (χ0) is 10.1. The second-order valence-electron chi connectivity index (χ2n) is 2.21. The molecule has 0 fully saturated rings. The predicted octanol–water partition coefficient (Wildman–Crippen LogP) is -1.88. The van der Waals surface area contributed by atoms with Crippen molar-refractivity contribution in [2.45, 2.75) is 4.90 Å². The van der Waals surface area contributed by atoms with E-state index in [0.29, 0.717) is 0 Å². The summed E-state index contributed by atoms with van der Waals surface area (Å²) in [5.74, 6) is 0. The van der Waals surface area contributed by atoms with Crippen LogP contribution in [0.15, 0.2) is 23.1 Å². The quantitative estimate of drug-likeness (QED) is 0.424. The summed E-state index contributed by atoms with van der Waals surface area (Å²) >= 11 is 5.45. The topological polar surface area (TPSA) is 81.0 Å². The molecule has 0 aliphatic carbocycles. The van der Waals surface area contributed by atoms with Gasteiger partial charge in [0.1, 0.15) is 10.1 Å². The molecular weight excluding hydrogens is 237 g/mol. The van der Waals surface area contributed by atoms with Gasteiger partial charge < -0.3 is 4.55 Å². The first-order valence-corrected chi connectivity index (χ1v) is 4.89. The van der Waals surface area contributed by atoms with Crippen molar-refractivity contribution in [1.29, 1.82) is 5.26 Å². The molecule has 0 amide bonds. The van der Waals surface area contributed by atoms with Gasteiger partial charge in [-0.2, -0.15) is 5.26 Å². The summed E-state index contributed by atoms with van der Waals surface area (Å²) < 4.78 is 31.7. The Morgan fingerprint density at radius 3 is 2.43 bits per heavy atom. The summed E-state index contributed by atoms with van der Waals surface area (Å²) in [5.41, 5.74) is 0.0822. The number of halogens is 1. The van der Waals surface area contributed by atoms with Crippen molar-refractivity contribution < 1.29 is 42.5 Å². The molecule has 0 aromatic heterocycles. The Labute approximate surface area is 109 Å². The van der Waals surface area contributed by atoms with Crippen LogP contribution in [0.3, 0.4) is 0 Å². The van der Waals surface area contributed by atoms with Gasteiger partial charge in [0.15, 0.2) is 0 Å². The van der Waals surface area contributed by atoms with Gasteiger partial charge in [0.2, 0.25) is 0 Å². The van der Waals surface area contributed by atoms with Gasteiger partial charge in [-0.05, 0) is 18.2 Å². The smallest absolute Gasteiger partial charge is 0.744 e. The van der Waals surface area contributed by atoms with Crippen molar-refractivity contribution >= 4 is 21.7 Å². The number of nitrogens with zero attached hydrogens (tertiary/aromatic N) is 1. The van der Waals surface area contributed by atoms with Crippen molar-refractivity contribution in [2.75, 3.05) is 0 Å². The third-order valence-electron chi connectivity index (χ3n) is 1.33. The first-order valence-electron chi connectivity index (χ1n) is 3.10. The minimum Gasteiger partial charge on any atom is -0.744 e. The van der Waals surface area contributed by atoms with Crippen molar-refractivity contribution in [3.05, 3.63) is 28.8 Å². The van der Waals surface area contributed by atoms with Gasteiger partial charge >= 0.3 is 29.6 Å². The molecule has 1 rings (SSSR count). The molecule has 0 heterocycles. The van der Waals surface area contributed by atoms with Crippen LogP contribution in [-0.2, 0) is 10.1 Å². The molecule has 0 saturated heterocycles. The van der Waals surface area contributed by atoms with E-state index >= 15 is 0 Å². The Balaban J connectivity index is 0.00000169. The molecule has 0 aliphatic rings. The largest absolute Gasteiger partial charge is 1.00 e. The van der Waals surface area contributed by atoms with Crippen LogP contribution in [0.1, 0.15) is 5.56 Å². The van der Waals surface area contributed by atoms with Crippen LogP contribution in [0.4, 0.5) is 0 Å². The average molecular weight is 240 g/mol. The fourth-order valence-electron chi connectivity index (χ4n) is 0.764. The number of hydrogen-bond donors (Lipinski definition) is 0. The van der Waals surface area contributed by atoms with Crippen molar-refractivity contribution in [3.8, 4) is 6.07 Å². The molecule has 14 heavy (non-hydrogen) atoms. The van der Waals surface area contributed by atoms with Crippen molar-refractivity contribution in [2.24, 2.45) is 0 Å². The first kappa shape index (κ1) is 13.9. The van der Waals surface area contributed by atoms with E-state index in [1.807, 2.05) is 0 Å². The third kappa shape index (κ3) is 3.24. The molecule has 68 valence electrons. The van der Waals surface area contributed by atoms with Crippen LogP contribution in [0.5, 0.6) is 0 Å². The zero-order valence-electron chi connectivity index (χ0n) is 7.19. The second-order valence-corrected chi connectivity index (χ2v) is 3.97. The maximum atomic E-state index is 10.6. The number of nitriles is 1. The van der Waals surface area contributed by atoms with Crippen molar-refractivity contribution in [3.63, 3.8) is 0 Å². The van der Waals surface area contributed by atoms with Crippen LogP contribution in [0.25, 0.3) is 0 Å². The summed E-state index contributed by atoms with van der Waals surface area (Å²) in [6.45, 7) is 0. The minimum atomic E-state index is -4.60. The van der Waals surface area contributed by atoms with Crippen LogP contribution < -0.4 is 29.6 Å². The third-order valence-corrected chi connectivity index (χ3v) is 2.65. The SMILES string of the molecule is N#Cc1ccc(Cl)c(S(=O)(=O)[O-])c1.[Na+]. The summed E-state index contributed by atoms with van der Waals surface area (Å²) in [4.78, 5) is -0.562. The maximum Gasteiger partial charge on any atom is 1.00 e. The Kier molecular flexibility index (Phi) is 5.09. The number of rotatable bonds is 1. The first-order chi connectivity index (χ1) is 5.95. The van der Waals surface area contributed by atoms with Gasteiger partial charge in [0.25, 0.3) is 0 Å². The van der Waals surface area contributed by atoms with E-state index in [9.17, 15) is 13.0 Å². The minimum absolute atomic E-state index is 0. The van der Waals surface area contributed by atoms with Crippen LogP contribution in [0.2, 0.25) is 5.02 Å². The second kappa shape index (κ2) is 5.12. The Bertz CT molecular complexity index is 480. The Morgan fingerprint density at radius 2 is 2.00 bits per heavy atom. The fourth-order valence-corrected chi connectivity index (χ4v) is 1.74. The van der Waals surface area contributed by atoms with E-state index in [1.54, 1.807) is 6.07 Å². The van der Waals surface area contributed by atoms with E-state index in [0.717, 1.165) is 6.07 Å². The van der Waals surface area contributed by atoms with E-state index in [4.69, 9.17) is 16.9 Å². The van der Waals surface area contributed by atoms with Gasteiger partial charge in [-0.25, -0.2) is 8.42 Å². The molecule has 0 spiro atoms. The number of hydrogen-bond acceptors (Lipinski definition) is 4. The van der Waals surface area contributed by atoms with Gasteiger partial charge in [0.05, 0.1) is 21.6 Å². The monoisotopic (exact) mass is 239 g/mol. The Morgan fingerprint density at radius 1 is 1.43 bits per heavy atom. The number of benzene rings is 1. The summed E-state index contributed by atoms with van der Waals surface area (Å²) in [7, 11) is -4.60. The maximum absolute atomic E-state index is 10.6.